The van der Waals surface area contributed by atoms with Gasteiger partial charge < -0.3 is 10.4 Å². The predicted molar refractivity (Wildman–Crippen MR) is 69.9 cm³/mol. The van der Waals surface area contributed by atoms with Gasteiger partial charge in [0.1, 0.15) is 0 Å². The predicted octanol–water partition coefficient (Wildman–Crippen LogP) is 3.49. The fourth-order valence-corrected chi connectivity index (χ4v) is 3.07. The number of hydrogen-bond donors (Lipinski definition) is 2. The molecule has 19 heavy (non-hydrogen) atoms. The third-order valence-corrected chi connectivity index (χ3v) is 3.78. The molecular formula is C14H26F3NO. The average Bonchev–Trinajstić information content (AvgIpc) is 2.24. The molecular weight excluding hydrogens is 255 g/mol. The standard InChI is InChI=1S/C14H26F3NO/c1-10(2)8-13(3,19)9-18-12-7-5-4-6-11(12)14(15,16)17/h10-12,18-19H,4-9H2,1-3H3. The van der Waals surface area contributed by atoms with E-state index < -0.39 is 23.7 Å². The van der Waals surface area contributed by atoms with E-state index in [1.807, 2.05) is 13.8 Å². The Morgan fingerprint density at radius 1 is 1.21 bits per heavy atom. The second-order valence-corrected chi connectivity index (χ2v) is 6.51. The van der Waals surface area contributed by atoms with Gasteiger partial charge in [0.05, 0.1) is 11.5 Å². The molecule has 3 unspecified atom stereocenters. The molecule has 0 aromatic carbocycles. The average molecular weight is 281 g/mol. The van der Waals surface area contributed by atoms with Crippen LogP contribution in [0.5, 0.6) is 0 Å². The third-order valence-electron chi connectivity index (χ3n) is 3.78. The zero-order chi connectivity index (χ0) is 14.7. The molecule has 2 nitrogen and oxygen atoms in total. The molecule has 5 heteroatoms. The van der Waals surface area contributed by atoms with Crippen molar-refractivity contribution in [2.75, 3.05) is 6.54 Å². The van der Waals surface area contributed by atoms with E-state index in [9.17, 15) is 18.3 Å². The van der Waals surface area contributed by atoms with Gasteiger partial charge in [-0.15, -0.1) is 0 Å². The SMILES string of the molecule is CC(C)CC(C)(O)CNC1CCCCC1C(F)(F)F. The van der Waals surface area contributed by atoms with Gasteiger partial charge in [0.15, 0.2) is 0 Å². The highest BCUT2D eigenvalue weighted by molar-refractivity contribution is 4.88. The Labute approximate surface area is 113 Å². The topological polar surface area (TPSA) is 32.3 Å². The molecule has 0 saturated heterocycles. The molecule has 2 N–H and O–H groups in total. The Morgan fingerprint density at radius 3 is 2.32 bits per heavy atom. The molecule has 0 bridgehead atoms. The molecule has 1 fully saturated rings. The van der Waals surface area contributed by atoms with Gasteiger partial charge in [-0.1, -0.05) is 26.7 Å². The number of hydrogen-bond acceptors (Lipinski definition) is 2. The van der Waals surface area contributed by atoms with Crippen LogP contribution < -0.4 is 5.32 Å². The fraction of sp³-hybridized carbons (Fsp3) is 1.00. The van der Waals surface area contributed by atoms with Crippen molar-refractivity contribution in [2.45, 2.75) is 70.7 Å². The highest BCUT2D eigenvalue weighted by Gasteiger charge is 2.45. The monoisotopic (exact) mass is 281 g/mol. The van der Waals surface area contributed by atoms with E-state index in [1.165, 1.54) is 0 Å². The summed E-state index contributed by atoms with van der Waals surface area (Å²) in [6.07, 6.45) is -1.33. The number of halogens is 3. The molecule has 1 rings (SSSR count). The van der Waals surface area contributed by atoms with E-state index in [-0.39, 0.29) is 13.0 Å². The van der Waals surface area contributed by atoms with E-state index >= 15 is 0 Å². The summed E-state index contributed by atoms with van der Waals surface area (Å²) in [5, 5.41) is 13.1. The zero-order valence-corrected chi connectivity index (χ0v) is 12.1. The van der Waals surface area contributed by atoms with Crippen LogP contribution in [0.25, 0.3) is 0 Å². The number of nitrogens with one attached hydrogen (secondary N) is 1. The van der Waals surface area contributed by atoms with Crippen molar-refractivity contribution in [3.8, 4) is 0 Å². The minimum Gasteiger partial charge on any atom is -0.389 e. The van der Waals surface area contributed by atoms with Gasteiger partial charge in [-0.3, -0.25) is 0 Å². The van der Waals surface area contributed by atoms with Crippen LogP contribution in [0, 0.1) is 11.8 Å². The largest absolute Gasteiger partial charge is 0.393 e. The van der Waals surface area contributed by atoms with Crippen molar-refractivity contribution < 1.29 is 18.3 Å². The third kappa shape index (κ3) is 5.69. The van der Waals surface area contributed by atoms with Crippen molar-refractivity contribution in [3.05, 3.63) is 0 Å². The summed E-state index contributed by atoms with van der Waals surface area (Å²) in [5.74, 6) is -0.947. The van der Waals surface area contributed by atoms with E-state index in [1.54, 1.807) is 6.92 Å². The summed E-state index contributed by atoms with van der Waals surface area (Å²) in [4.78, 5) is 0. The lowest BCUT2D eigenvalue weighted by atomic mass is 9.83. The van der Waals surface area contributed by atoms with Crippen LogP contribution in [-0.4, -0.2) is 29.5 Å². The summed E-state index contributed by atoms with van der Waals surface area (Å²) in [7, 11) is 0. The molecule has 0 radical (unpaired) electrons. The first-order valence-electron chi connectivity index (χ1n) is 7.14. The molecule has 0 aromatic heterocycles. The van der Waals surface area contributed by atoms with Crippen LogP contribution in [0.4, 0.5) is 13.2 Å². The van der Waals surface area contributed by atoms with Gasteiger partial charge in [-0.2, -0.15) is 13.2 Å². The van der Waals surface area contributed by atoms with Gasteiger partial charge in [-0.25, -0.2) is 0 Å². The van der Waals surface area contributed by atoms with Crippen molar-refractivity contribution in [2.24, 2.45) is 11.8 Å². The summed E-state index contributed by atoms with van der Waals surface area (Å²) < 4.78 is 38.8. The Hall–Kier alpha value is -0.290. The quantitative estimate of drug-likeness (QED) is 0.808. The maximum absolute atomic E-state index is 12.9. The molecule has 0 heterocycles. The van der Waals surface area contributed by atoms with Gasteiger partial charge >= 0.3 is 6.18 Å². The number of aliphatic hydroxyl groups is 1. The summed E-state index contributed by atoms with van der Waals surface area (Å²) in [5.41, 5.74) is -0.943. The summed E-state index contributed by atoms with van der Waals surface area (Å²) in [6, 6.07) is -0.549. The number of alkyl halides is 3. The molecule has 1 aliphatic rings. The van der Waals surface area contributed by atoms with Crippen molar-refractivity contribution in [3.63, 3.8) is 0 Å². The second kappa shape index (κ2) is 6.44. The fourth-order valence-electron chi connectivity index (χ4n) is 3.07. The van der Waals surface area contributed by atoms with Gasteiger partial charge in [0.2, 0.25) is 0 Å². The maximum atomic E-state index is 12.9. The Kier molecular flexibility index (Phi) is 5.68. The molecule has 1 saturated carbocycles. The molecule has 0 amide bonds. The van der Waals surface area contributed by atoms with Gasteiger partial charge in [-0.05, 0) is 32.1 Å². The van der Waals surface area contributed by atoms with Crippen molar-refractivity contribution >= 4 is 0 Å². The van der Waals surface area contributed by atoms with E-state index in [0.717, 1.165) is 6.42 Å². The lowest BCUT2D eigenvalue weighted by Crippen LogP contribution is -2.50. The van der Waals surface area contributed by atoms with E-state index in [0.29, 0.717) is 25.2 Å². The Balaban J connectivity index is 2.54. The molecule has 3 atom stereocenters. The van der Waals surface area contributed by atoms with E-state index in [2.05, 4.69) is 5.32 Å². The molecule has 0 spiro atoms. The summed E-state index contributed by atoms with van der Waals surface area (Å²) in [6.45, 7) is 5.90. The summed E-state index contributed by atoms with van der Waals surface area (Å²) >= 11 is 0. The maximum Gasteiger partial charge on any atom is 0.393 e. The number of rotatable bonds is 5. The van der Waals surface area contributed by atoms with Crippen LogP contribution in [0.3, 0.4) is 0 Å². The normalized spacial score (nSPS) is 28.4. The van der Waals surface area contributed by atoms with E-state index in [4.69, 9.17) is 0 Å². The van der Waals surface area contributed by atoms with Crippen LogP contribution in [0.15, 0.2) is 0 Å². The Bertz CT molecular complexity index is 276. The lowest BCUT2D eigenvalue weighted by Gasteiger charge is -2.36. The van der Waals surface area contributed by atoms with Crippen molar-refractivity contribution in [1.82, 2.24) is 5.32 Å². The second-order valence-electron chi connectivity index (χ2n) is 6.51. The smallest absolute Gasteiger partial charge is 0.389 e. The van der Waals surface area contributed by atoms with Crippen molar-refractivity contribution in [1.29, 1.82) is 0 Å². The van der Waals surface area contributed by atoms with Crippen LogP contribution in [-0.2, 0) is 0 Å². The highest BCUT2D eigenvalue weighted by atomic mass is 19.4. The van der Waals surface area contributed by atoms with Crippen LogP contribution in [0.2, 0.25) is 0 Å². The van der Waals surface area contributed by atoms with Crippen LogP contribution >= 0.6 is 0 Å². The first kappa shape index (κ1) is 16.8. The first-order chi connectivity index (χ1) is 8.62. The lowest BCUT2D eigenvalue weighted by molar-refractivity contribution is -0.189. The van der Waals surface area contributed by atoms with Gasteiger partial charge in [0, 0.05) is 12.6 Å². The van der Waals surface area contributed by atoms with Crippen LogP contribution in [0.1, 0.15) is 52.9 Å². The first-order valence-corrected chi connectivity index (χ1v) is 7.14. The van der Waals surface area contributed by atoms with Gasteiger partial charge in [0.25, 0.3) is 0 Å². The minimum atomic E-state index is -4.14. The minimum absolute atomic E-state index is 0.202. The molecule has 0 aliphatic heterocycles. The molecule has 0 aromatic rings. The molecule has 1 aliphatic carbocycles. The highest BCUT2D eigenvalue weighted by Crippen LogP contribution is 2.37. The molecule has 114 valence electrons. The Morgan fingerprint density at radius 2 is 1.79 bits per heavy atom. The zero-order valence-electron chi connectivity index (χ0n) is 12.1.